The summed E-state index contributed by atoms with van der Waals surface area (Å²) in [7, 11) is -2.91. The van der Waals surface area contributed by atoms with Crippen LogP contribution in [-0.4, -0.2) is 26.5 Å². The van der Waals surface area contributed by atoms with Crippen LogP contribution in [0.4, 0.5) is 0 Å². The summed E-state index contributed by atoms with van der Waals surface area (Å²) in [5, 5.41) is 12.5. The van der Waals surface area contributed by atoms with Crippen molar-refractivity contribution in [1.82, 2.24) is 5.32 Å². The highest BCUT2D eigenvalue weighted by molar-refractivity contribution is 7.91. The van der Waals surface area contributed by atoms with Crippen molar-refractivity contribution in [1.29, 1.82) is 5.26 Å². The molecular weight excluding hydrogens is 260 g/mol. The Hall–Kier alpha value is -1.38. The predicted octanol–water partition coefficient (Wildman–Crippen LogP) is 1.64. The Morgan fingerprint density at radius 1 is 1.47 bits per heavy atom. The van der Waals surface area contributed by atoms with E-state index in [0.29, 0.717) is 12.0 Å². The maximum Gasteiger partial charge on any atom is 0.150 e. The molecule has 1 aromatic carbocycles. The van der Waals surface area contributed by atoms with Crippen molar-refractivity contribution in [3.8, 4) is 6.07 Å². The standard InChI is InChI=1S/C14H18N2O2S/c1-2-16-14(12-7-8-19(17,18)10-12)13-6-4-3-5-11(13)9-15/h3-6,12,14,16H,2,7-8,10H2,1H3. The van der Waals surface area contributed by atoms with Gasteiger partial charge in [0.25, 0.3) is 0 Å². The minimum Gasteiger partial charge on any atom is -0.310 e. The first-order chi connectivity index (χ1) is 9.07. The van der Waals surface area contributed by atoms with Gasteiger partial charge in [0, 0.05) is 6.04 Å². The van der Waals surface area contributed by atoms with E-state index in [9.17, 15) is 13.7 Å². The SMILES string of the molecule is CCNC(c1ccccc1C#N)C1CCS(=O)(=O)C1. The molecule has 0 radical (unpaired) electrons. The van der Waals surface area contributed by atoms with Gasteiger partial charge >= 0.3 is 0 Å². The van der Waals surface area contributed by atoms with Crippen LogP contribution in [0.25, 0.3) is 0 Å². The molecule has 2 atom stereocenters. The van der Waals surface area contributed by atoms with Crippen molar-refractivity contribution in [3.05, 3.63) is 35.4 Å². The smallest absolute Gasteiger partial charge is 0.150 e. The van der Waals surface area contributed by atoms with E-state index in [1.165, 1.54) is 0 Å². The van der Waals surface area contributed by atoms with Gasteiger partial charge in [0.1, 0.15) is 0 Å². The molecule has 1 fully saturated rings. The molecule has 2 unspecified atom stereocenters. The maximum atomic E-state index is 11.6. The predicted molar refractivity (Wildman–Crippen MR) is 74.3 cm³/mol. The number of nitrogens with zero attached hydrogens (tertiary/aromatic N) is 1. The normalized spacial score (nSPS) is 22.8. The van der Waals surface area contributed by atoms with Gasteiger partial charge in [-0.2, -0.15) is 5.26 Å². The molecule has 102 valence electrons. The van der Waals surface area contributed by atoms with E-state index in [2.05, 4.69) is 11.4 Å². The van der Waals surface area contributed by atoms with E-state index < -0.39 is 9.84 Å². The highest BCUT2D eigenvalue weighted by Gasteiger charge is 2.34. The quantitative estimate of drug-likeness (QED) is 0.909. The number of hydrogen-bond donors (Lipinski definition) is 1. The lowest BCUT2D eigenvalue weighted by molar-refractivity contribution is 0.400. The first-order valence-corrected chi connectivity index (χ1v) is 8.32. The van der Waals surface area contributed by atoms with Crippen LogP contribution in [0, 0.1) is 17.2 Å². The van der Waals surface area contributed by atoms with Gasteiger partial charge in [0.15, 0.2) is 9.84 Å². The molecule has 1 aliphatic rings. The molecule has 0 saturated carbocycles. The third-order valence-electron chi connectivity index (χ3n) is 3.58. The number of benzene rings is 1. The second kappa shape index (κ2) is 5.72. The van der Waals surface area contributed by atoms with Crippen LogP contribution in [0.5, 0.6) is 0 Å². The molecule has 0 aliphatic carbocycles. The number of nitriles is 1. The summed E-state index contributed by atoms with van der Waals surface area (Å²) in [6.45, 7) is 2.74. The van der Waals surface area contributed by atoms with Crippen molar-refractivity contribution in [3.63, 3.8) is 0 Å². The fraction of sp³-hybridized carbons (Fsp3) is 0.500. The van der Waals surface area contributed by atoms with Crippen LogP contribution >= 0.6 is 0 Å². The molecule has 0 bridgehead atoms. The van der Waals surface area contributed by atoms with Crippen LogP contribution in [0.15, 0.2) is 24.3 Å². The van der Waals surface area contributed by atoms with E-state index in [0.717, 1.165) is 12.1 Å². The topological polar surface area (TPSA) is 70.0 Å². The van der Waals surface area contributed by atoms with E-state index in [4.69, 9.17) is 0 Å². The lowest BCUT2D eigenvalue weighted by atomic mass is 9.90. The zero-order valence-electron chi connectivity index (χ0n) is 11.0. The van der Waals surface area contributed by atoms with Crippen LogP contribution in [0.1, 0.15) is 30.5 Å². The summed E-state index contributed by atoms with van der Waals surface area (Å²) in [6.07, 6.45) is 0.666. The molecule has 4 nitrogen and oxygen atoms in total. The molecule has 2 rings (SSSR count). The molecule has 0 amide bonds. The summed E-state index contributed by atoms with van der Waals surface area (Å²) in [5.41, 5.74) is 1.53. The van der Waals surface area contributed by atoms with Gasteiger partial charge < -0.3 is 5.32 Å². The minimum absolute atomic E-state index is 0.0550. The number of nitrogens with one attached hydrogen (secondary N) is 1. The zero-order chi connectivity index (χ0) is 13.9. The molecule has 1 aliphatic heterocycles. The average molecular weight is 278 g/mol. The van der Waals surface area contributed by atoms with Gasteiger partial charge in [-0.1, -0.05) is 25.1 Å². The summed E-state index contributed by atoms with van der Waals surface area (Å²) in [6, 6.07) is 9.55. The lowest BCUT2D eigenvalue weighted by Crippen LogP contribution is -2.29. The summed E-state index contributed by atoms with van der Waals surface area (Å²) in [5.74, 6) is 0.526. The third kappa shape index (κ3) is 3.14. The first kappa shape index (κ1) is 14.0. The van der Waals surface area contributed by atoms with Crippen molar-refractivity contribution in [2.75, 3.05) is 18.1 Å². The summed E-state index contributed by atoms with van der Waals surface area (Å²) >= 11 is 0. The molecule has 1 saturated heterocycles. The van der Waals surface area contributed by atoms with E-state index in [1.54, 1.807) is 6.07 Å². The second-order valence-corrected chi connectivity index (χ2v) is 7.13. The molecule has 1 N–H and O–H groups in total. The largest absolute Gasteiger partial charge is 0.310 e. The van der Waals surface area contributed by atoms with Crippen molar-refractivity contribution in [2.45, 2.75) is 19.4 Å². The Balaban J connectivity index is 2.33. The van der Waals surface area contributed by atoms with Crippen molar-refractivity contribution >= 4 is 9.84 Å². The van der Waals surface area contributed by atoms with E-state index >= 15 is 0 Å². The van der Waals surface area contributed by atoms with Crippen LogP contribution in [0.2, 0.25) is 0 Å². The van der Waals surface area contributed by atoms with Crippen molar-refractivity contribution in [2.24, 2.45) is 5.92 Å². The maximum absolute atomic E-state index is 11.6. The summed E-state index contributed by atoms with van der Waals surface area (Å²) in [4.78, 5) is 0. The second-order valence-electron chi connectivity index (χ2n) is 4.90. The Kier molecular flexibility index (Phi) is 4.23. The average Bonchev–Trinajstić information content (AvgIpc) is 2.76. The summed E-state index contributed by atoms with van der Waals surface area (Å²) < 4.78 is 23.3. The van der Waals surface area contributed by atoms with Gasteiger partial charge in [-0.3, -0.25) is 0 Å². The fourth-order valence-corrected chi connectivity index (χ4v) is 4.55. The molecule has 5 heteroatoms. The molecular formula is C14H18N2O2S. The van der Waals surface area contributed by atoms with Gasteiger partial charge in [-0.25, -0.2) is 8.42 Å². The number of rotatable bonds is 4. The Morgan fingerprint density at radius 3 is 2.79 bits per heavy atom. The van der Waals surface area contributed by atoms with Gasteiger partial charge in [-0.15, -0.1) is 0 Å². The lowest BCUT2D eigenvalue weighted by Gasteiger charge is -2.24. The monoisotopic (exact) mass is 278 g/mol. The Bertz CT molecular complexity index is 590. The molecule has 1 aromatic rings. The van der Waals surface area contributed by atoms with Crippen LogP contribution in [0.3, 0.4) is 0 Å². The molecule has 0 aromatic heterocycles. The van der Waals surface area contributed by atoms with E-state index in [1.807, 2.05) is 25.1 Å². The molecule has 0 spiro atoms. The van der Waals surface area contributed by atoms with Gasteiger partial charge in [0.05, 0.1) is 23.1 Å². The first-order valence-electron chi connectivity index (χ1n) is 6.50. The molecule has 19 heavy (non-hydrogen) atoms. The fourth-order valence-electron chi connectivity index (χ4n) is 2.71. The van der Waals surface area contributed by atoms with E-state index in [-0.39, 0.29) is 23.5 Å². The van der Waals surface area contributed by atoms with Crippen LogP contribution in [-0.2, 0) is 9.84 Å². The zero-order valence-corrected chi connectivity index (χ0v) is 11.8. The molecule has 1 heterocycles. The number of hydrogen-bond acceptors (Lipinski definition) is 4. The minimum atomic E-state index is -2.91. The third-order valence-corrected chi connectivity index (χ3v) is 5.37. The highest BCUT2D eigenvalue weighted by atomic mass is 32.2. The Labute approximate surface area is 114 Å². The van der Waals surface area contributed by atoms with Gasteiger partial charge in [-0.05, 0) is 30.5 Å². The van der Waals surface area contributed by atoms with Crippen molar-refractivity contribution < 1.29 is 8.42 Å². The highest BCUT2D eigenvalue weighted by Crippen LogP contribution is 2.32. The van der Waals surface area contributed by atoms with Gasteiger partial charge in [0.2, 0.25) is 0 Å². The Morgan fingerprint density at radius 2 is 2.21 bits per heavy atom. The van der Waals surface area contributed by atoms with Crippen LogP contribution < -0.4 is 5.32 Å². The number of sulfone groups is 1.